The summed E-state index contributed by atoms with van der Waals surface area (Å²) in [5.74, 6) is -0.466. The minimum Gasteiger partial charge on any atom is -0.373 e. The lowest BCUT2D eigenvalue weighted by molar-refractivity contribution is -0.122. The lowest BCUT2D eigenvalue weighted by Gasteiger charge is -2.24. The molecule has 0 radical (unpaired) electrons. The third kappa shape index (κ3) is 4.26. The molecule has 2 atom stereocenters. The van der Waals surface area contributed by atoms with Crippen LogP contribution in [0.4, 0.5) is 4.39 Å². The number of amides is 1. The van der Waals surface area contributed by atoms with Crippen molar-refractivity contribution in [2.75, 3.05) is 13.2 Å². The number of nitrogens with one attached hydrogen (secondary N) is 2. The Morgan fingerprint density at radius 1 is 1.27 bits per heavy atom. The molecule has 0 spiro atoms. The van der Waals surface area contributed by atoms with Gasteiger partial charge in [0.05, 0.1) is 5.60 Å². The van der Waals surface area contributed by atoms with Crippen molar-refractivity contribution in [3.8, 4) is 0 Å². The van der Waals surface area contributed by atoms with Gasteiger partial charge in [-0.05, 0) is 55.0 Å². The molecule has 1 amide bonds. The smallest absolute Gasteiger partial charge is 0.221 e. The van der Waals surface area contributed by atoms with Gasteiger partial charge in [-0.1, -0.05) is 37.3 Å². The number of aromatic amines is 1. The molecule has 3 aromatic rings. The summed E-state index contributed by atoms with van der Waals surface area (Å²) >= 11 is 0. The summed E-state index contributed by atoms with van der Waals surface area (Å²) < 4.78 is 19.3. The average Bonchev–Trinajstić information content (AvgIpc) is 3.38. The summed E-state index contributed by atoms with van der Waals surface area (Å²) in [6.07, 6.45) is 5.20. The number of H-pyrrole nitrogens is 1. The van der Waals surface area contributed by atoms with Gasteiger partial charge >= 0.3 is 0 Å². The van der Waals surface area contributed by atoms with Crippen LogP contribution < -0.4 is 5.32 Å². The molecule has 1 aromatic heterocycles. The van der Waals surface area contributed by atoms with E-state index in [4.69, 9.17) is 4.74 Å². The third-order valence-corrected chi connectivity index (χ3v) is 6.21. The minimum absolute atomic E-state index is 0.0259. The van der Waals surface area contributed by atoms with Crippen molar-refractivity contribution in [1.82, 2.24) is 10.3 Å². The monoisotopic (exact) mass is 408 g/mol. The molecule has 1 aliphatic heterocycles. The summed E-state index contributed by atoms with van der Waals surface area (Å²) in [6.45, 7) is 5.44. The quantitative estimate of drug-likeness (QED) is 0.573. The van der Waals surface area contributed by atoms with Gasteiger partial charge in [-0.15, -0.1) is 0 Å². The zero-order valence-corrected chi connectivity index (χ0v) is 17.6. The molecule has 158 valence electrons. The number of para-hydroxylation sites is 1. The molecule has 4 nitrogen and oxygen atoms in total. The van der Waals surface area contributed by atoms with Crippen LogP contribution in [-0.2, 0) is 16.0 Å². The van der Waals surface area contributed by atoms with Gasteiger partial charge in [-0.2, -0.15) is 0 Å². The second kappa shape index (κ2) is 8.60. The van der Waals surface area contributed by atoms with Gasteiger partial charge in [0.25, 0.3) is 0 Å². The van der Waals surface area contributed by atoms with Gasteiger partial charge in [0.1, 0.15) is 5.82 Å². The number of aryl methyl sites for hydroxylation is 1. The second-order valence-electron chi connectivity index (χ2n) is 8.42. The zero-order valence-electron chi connectivity index (χ0n) is 17.6. The van der Waals surface area contributed by atoms with Crippen molar-refractivity contribution in [3.05, 3.63) is 71.2 Å². The highest BCUT2D eigenvalue weighted by Crippen LogP contribution is 2.35. The number of carbonyl (C=O) groups is 1. The summed E-state index contributed by atoms with van der Waals surface area (Å²) in [4.78, 5) is 16.3. The molecule has 0 bridgehead atoms. The van der Waals surface area contributed by atoms with Crippen molar-refractivity contribution in [3.63, 3.8) is 0 Å². The number of hydrogen-bond donors (Lipinski definition) is 2. The SMILES string of the molecule is CCc1cccc2c([C@@H](CC(=O)NC[C@@]3(C)CCCO3)c3ccc(F)cc3)c[nH]c12. The summed E-state index contributed by atoms with van der Waals surface area (Å²) in [5.41, 5.74) is 4.06. The molecular formula is C25H29FN2O2. The van der Waals surface area contributed by atoms with Crippen molar-refractivity contribution in [2.24, 2.45) is 0 Å². The van der Waals surface area contributed by atoms with E-state index in [1.165, 1.54) is 17.7 Å². The topological polar surface area (TPSA) is 54.1 Å². The average molecular weight is 409 g/mol. The van der Waals surface area contributed by atoms with Crippen LogP contribution >= 0.6 is 0 Å². The molecule has 2 N–H and O–H groups in total. The minimum atomic E-state index is -0.280. The predicted molar refractivity (Wildman–Crippen MR) is 117 cm³/mol. The largest absolute Gasteiger partial charge is 0.373 e. The maximum Gasteiger partial charge on any atom is 0.221 e. The Kier molecular flexibility index (Phi) is 5.91. The molecule has 1 fully saturated rings. The number of benzene rings is 2. The molecule has 5 heteroatoms. The lowest BCUT2D eigenvalue weighted by Crippen LogP contribution is -2.40. The van der Waals surface area contributed by atoms with Gasteiger partial charge in [0.15, 0.2) is 0 Å². The molecule has 4 rings (SSSR count). The van der Waals surface area contributed by atoms with E-state index in [9.17, 15) is 9.18 Å². The molecule has 1 saturated heterocycles. The van der Waals surface area contributed by atoms with Crippen LogP contribution in [-0.4, -0.2) is 29.6 Å². The molecule has 2 heterocycles. The first kappa shape index (κ1) is 20.6. The molecule has 0 unspecified atom stereocenters. The Morgan fingerprint density at radius 3 is 2.77 bits per heavy atom. The number of hydrogen-bond acceptors (Lipinski definition) is 2. The zero-order chi connectivity index (χ0) is 21.1. The van der Waals surface area contributed by atoms with Crippen LogP contribution in [0.2, 0.25) is 0 Å². The maximum atomic E-state index is 13.5. The Hall–Kier alpha value is -2.66. The van der Waals surface area contributed by atoms with E-state index >= 15 is 0 Å². The van der Waals surface area contributed by atoms with E-state index in [0.717, 1.165) is 47.9 Å². The Morgan fingerprint density at radius 2 is 2.07 bits per heavy atom. The first-order chi connectivity index (χ1) is 14.5. The normalized spacial score (nSPS) is 19.8. The highest BCUT2D eigenvalue weighted by atomic mass is 19.1. The van der Waals surface area contributed by atoms with Gasteiger partial charge in [-0.3, -0.25) is 4.79 Å². The van der Waals surface area contributed by atoms with Crippen LogP contribution in [0.3, 0.4) is 0 Å². The van der Waals surface area contributed by atoms with Crippen LogP contribution in [0.5, 0.6) is 0 Å². The van der Waals surface area contributed by atoms with Crippen molar-refractivity contribution < 1.29 is 13.9 Å². The van der Waals surface area contributed by atoms with Crippen molar-refractivity contribution in [2.45, 2.75) is 51.0 Å². The van der Waals surface area contributed by atoms with E-state index in [1.54, 1.807) is 12.1 Å². The molecular weight excluding hydrogens is 379 g/mol. The van der Waals surface area contributed by atoms with E-state index in [1.807, 2.05) is 13.1 Å². The van der Waals surface area contributed by atoms with E-state index < -0.39 is 0 Å². The number of carbonyl (C=O) groups excluding carboxylic acids is 1. The van der Waals surface area contributed by atoms with Gasteiger partial charge in [0.2, 0.25) is 5.91 Å². The first-order valence-electron chi connectivity index (χ1n) is 10.7. The van der Waals surface area contributed by atoms with Crippen molar-refractivity contribution in [1.29, 1.82) is 0 Å². The summed E-state index contributed by atoms with van der Waals surface area (Å²) in [5, 5.41) is 4.17. The predicted octanol–water partition coefficient (Wildman–Crippen LogP) is 5.08. The number of rotatable bonds is 7. The number of fused-ring (bicyclic) bond motifs is 1. The van der Waals surface area contributed by atoms with Gasteiger partial charge in [-0.25, -0.2) is 4.39 Å². The Bertz CT molecular complexity index is 1020. The Balaban J connectivity index is 1.62. The highest BCUT2D eigenvalue weighted by molar-refractivity contribution is 5.88. The van der Waals surface area contributed by atoms with E-state index in [2.05, 4.69) is 35.4 Å². The number of halogens is 1. The molecule has 2 aromatic carbocycles. The molecule has 0 aliphatic carbocycles. The van der Waals surface area contributed by atoms with Crippen molar-refractivity contribution >= 4 is 16.8 Å². The maximum absolute atomic E-state index is 13.5. The van der Waals surface area contributed by atoms with Gasteiger partial charge < -0.3 is 15.0 Å². The lowest BCUT2D eigenvalue weighted by atomic mass is 9.87. The van der Waals surface area contributed by atoms with Crippen LogP contribution in [0.25, 0.3) is 10.9 Å². The molecule has 30 heavy (non-hydrogen) atoms. The summed E-state index contributed by atoms with van der Waals surface area (Å²) in [6, 6.07) is 12.7. The van der Waals surface area contributed by atoms with E-state index in [-0.39, 0.29) is 23.2 Å². The number of aromatic nitrogens is 1. The summed E-state index contributed by atoms with van der Waals surface area (Å²) in [7, 11) is 0. The molecule has 0 saturated carbocycles. The second-order valence-corrected chi connectivity index (χ2v) is 8.42. The van der Waals surface area contributed by atoms with Crippen LogP contribution in [0.15, 0.2) is 48.7 Å². The Labute approximate surface area is 176 Å². The number of ether oxygens (including phenoxy) is 1. The molecule has 1 aliphatic rings. The van der Waals surface area contributed by atoms with Gasteiger partial charge in [0, 0.05) is 42.6 Å². The highest BCUT2D eigenvalue weighted by Gasteiger charge is 2.30. The fourth-order valence-corrected chi connectivity index (χ4v) is 4.44. The first-order valence-corrected chi connectivity index (χ1v) is 10.7. The van der Waals surface area contributed by atoms with Crippen LogP contribution in [0, 0.1) is 5.82 Å². The third-order valence-electron chi connectivity index (χ3n) is 6.21. The van der Waals surface area contributed by atoms with E-state index in [0.29, 0.717) is 13.0 Å². The van der Waals surface area contributed by atoms with Crippen LogP contribution in [0.1, 0.15) is 55.7 Å². The fourth-order valence-electron chi connectivity index (χ4n) is 4.44. The standard InChI is InChI=1S/C25H29FN2O2/c1-3-17-6-4-7-20-22(15-27-24(17)20)21(18-8-10-19(26)11-9-18)14-23(29)28-16-25(2)12-5-13-30-25/h4,6-11,15,21,27H,3,5,12-14,16H2,1-2H3,(H,28,29)/t21-,25+/m0/s1. The fraction of sp³-hybridized carbons (Fsp3) is 0.400.